The van der Waals surface area contributed by atoms with Crippen molar-refractivity contribution in [3.05, 3.63) is 42.0 Å². The molecule has 0 unspecified atom stereocenters. The lowest BCUT2D eigenvalue weighted by Gasteiger charge is -2.18. The van der Waals surface area contributed by atoms with E-state index in [0.29, 0.717) is 12.3 Å². The van der Waals surface area contributed by atoms with E-state index in [1.165, 1.54) is 0 Å². The van der Waals surface area contributed by atoms with E-state index in [0.717, 1.165) is 23.5 Å². The van der Waals surface area contributed by atoms with Crippen LogP contribution >= 0.6 is 0 Å². The number of para-hydroxylation sites is 2. The topological polar surface area (TPSA) is 44.1 Å². The Morgan fingerprint density at radius 3 is 3.13 bits per heavy atom. The van der Waals surface area contributed by atoms with Gasteiger partial charge in [-0.05, 0) is 12.1 Å². The molecular weight excluding hydrogens is 192 g/mol. The molecule has 0 saturated carbocycles. The highest BCUT2D eigenvalue weighted by molar-refractivity contribution is 5.72. The van der Waals surface area contributed by atoms with Gasteiger partial charge >= 0.3 is 0 Å². The number of carbonyl (C=O) groups is 1. The molecule has 1 aliphatic rings. The van der Waals surface area contributed by atoms with Crippen molar-refractivity contribution in [1.82, 2.24) is 9.55 Å². The van der Waals surface area contributed by atoms with Crippen LogP contribution in [0.1, 0.15) is 16.3 Å². The maximum atomic E-state index is 10.6. The lowest BCUT2D eigenvalue weighted by molar-refractivity contribution is 0.111. The minimum absolute atomic E-state index is 0.408. The van der Waals surface area contributed by atoms with Crippen LogP contribution in [0.2, 0.25) is 0 Å². The van der Waals surface area contributed by atoms with Gasteiger partial charge in [-0.15, -0.1) is 0 Å². The molecule has 2 aromatic rings. The van der Waals surface area contributed by atoms with Crippen molar-refractivity contribution in [1.29, 1.82) is 0 Å². The van der Waals surface area contributed by atoms with Crippen molar-refractivity contribution >= 4 is 6.29 Å². The van der Waals surface area contributed by atoms with E-state index in [9.17, 15) is 4.79 Å². The van der Waals surface area contributed by atoms with Crippen LogP contribution in [-0.4, -0.2) is 15.8 Å². The second-order valence-corrected chi connectivity index (χ2v) is 3.33. The quantitative estimate of drug-likeness (QED) is 0.656. The highest BCUT2D eigenvalue weighted by Crippen LogP contribution is 2.28. The van der Waals surface area contributed by atoms with Gasteiger partial charge in [0.1, 0.15) is 18.1 Å². The van der Waals surface area contributed by atoms with Gasteiger partial charge in [0.25, 0.3) is 0 Å². The lowest BCUT2D eigenvalue weighted by Crippen LogP contribution is -2.12. The third kappa shape index (κ3) is 1.15. The minimum atomic E-state index is 0.408. The zero-order chi connectivity index (χ0) is 10.3. The van der Waals surface area contributed by atoms with Crippen molar-refractivity contribution < 1.29 is 9.53 Å². The molecule has 0 fully saturated rings. The predicted molar refractivity (Wildman–Crippen MR) is 53.3 cm³/mol. The second kappa shape index (κ2) is 2.95. The van der Waals surface area contributed by atoms with Crippen molar-refractivity contribution in [3.63, 3.8) is 0 Å². The third-order valence-electron chi connectivity index (χ3n) is 2.40. The number of aldehydes is 1. The average Bonchev–Trinajstić information content (AvgIpc) is 2.72. The summed E-state index contributed by atoms with van der Waals surface area (Å²) >= 11 is 0. The summed E-state index contributed by atoms with van der Waals surface area (Å²) < 4.78 is 7.40. The number of benzene rings is 1. The molecule has 1 aromatic heterocycles. The van der Waals surface area contributed by atoms with Crippen LogP contribution < -0.4 is 4.74 Å². The number of aromatic nitrogens is 2. The summed E-state index contributed by atoms with van der Waals surface area (Å²) in [4.78, 5) is 14.8. The summed E-state index contributed by atoms with van der Waals surface area (Å²) in [6.45, 7) is 0.408. The number of rotatable bonds is 1. The minimum Gasteiger partial charge on any atom is -0.483 e. The molecule has 4 heteroatoms. The fraction of sp³-hybridized carbons (Fsp3) is 0.0909. The molecule has 0 radical (unpaired) electrons. The fourth-order valence-electron chi connectivity index (χ4n) is 1.73. The second-order valence-electron chi connectivity index (χ2n) is 3.33. The largest absolute Gasteiger partial charge is 0.483 e. The van der Waals surface area contributed by atoms with E-state index in [1.54, 1.807) is 6.20 Å². The normalized spacial score (nSPS) is 12.5. The SMILES string of the molecule is O=Cc1cn2c(n1)COc1ccccc1-2. The van der Waals surface area contributed by atoms with Crippen LogP contribution in [0.5, 0.6) is 5.75 Å². The molecule has 4 nitrogen and oxygen atoms in total. The van der Waals surface area contributed by atoms with E-state index in [-0.39, 0.29) is 0 Å². The highest BCUT2D eigenvalue weighted by atomic mass is 16.5. The first-order valence-electron chi connectivity index (χ1n) is 4.64. The first-order chi connectivity index (χ1) is 7.38. The molecule has 0 amide bonds. The van der Waals surface area contributed by atoms with Crippen LogP contribution in [0.4, 0.5) is 0 Å². The Morgan fingerprint density at radius 2 is 2.27 bits per heavy atom. The van der Waals surface area contributed by atoms with E-state index in [2.05, 4.69) is 4.98 Å². The molecule has 1 aliphatic heterocycles. The molecule has 0 saturated heterocycles. The molecule has 0 N–H and O–H groups in total. The van der Waals surface area contributed by atoms with Crippen LogP contribution in [0.25, 0.3) is 5.69 Å². The molecule has 3 rings (SSSR count). The number of imidazole rings is 1. The van der Waals surface area contributed by atoms with Crippen LogP contribution in [0.3, 0.4) is 0 Å². The first-order valence-corrected chi connectivity index (χ1v) is 4.64. The highest BCUT2D eigenvalue weighted by Gasteiger charge is 2.18. The van der Waals surface area contributed by atoms with Gasteiger partial charge in [0.2, 0.25) is 0 Å². The molecule has 0 atom stereocenters. The monoisotopic (exact) mass is 200 g/mol. The standard InChI is InChI=1S/C11H8N2O2/c14-6-8-5-13-9-3-1-2-4-10(9)15-7-11(13)12-8/h1-6H,7H2. The Morgan fingerprint density at radius 1 is 1.40 bits per heavy atom. The van der Waals surface area contributed by atoms with Gasteiger partial charge < -0.3 is 4.74 Å². The van der Waals surface area contributed by atoms with Gasteiger partial charge in [-0.3, -0.25) is 9.36 Å². The molecule has 74 valence electrons. The zero-order valence-electron chi connectivity index (χ0n) is 7.88. The average molecular weight is 200 g/mol. The summed E-state index contributed by atoms with van der Waals surface area (Å²) in [7, 11) is 0. The van der Waals surface area contributed by atoms with Gasteiger partial charge in [0.15, 0.2) is 12.1 Å². The van der Waals surface area contributed by atoms with Crippen LogP contribution in [0, 0.1) is 0 Å². The van der Waals surface area contributed by atoms with Crippen LogP contribution in [0.15, 0.2) is 30.5 Å². The van der Waals surface area contributed by atoms with Gasteiger partial charge in [0, 0.05) is 6.20 Å². The maximum Gasteiger partial charge on any atom is 0.170 e. The summed E-state index contributed by atoms with van der Waals surface area (Å²) in [6, 6.07) is 7.69. The molecule has 0 spiro atoms. The number of hydrogen-bond donors (Lipinski definition) is 0. The Hall–Kier alpha value is -2.10. The smallest absolute Gasteiger partial charge is 0.170 e. The Balaban J connectivity index is 2.24. The summed E-state index contributed by atoms with van der Waals surface area (Å²) in [5.41, 5.74) is 1.37. The van der Waals surface area contributed by atoms with Crippen molar-refractivity contribution in [3.8, 4) is 11.4 Å². The fourth-order valence-corrected chi connectivity index (χ4v) is 1.73. The number of carbonyl (C=O) groups excluding carboxylic acids is 1. The predicted octanol–water partition coefficient (Wildman–Crippen LogP) is 1.58. The number of ether oxygens (including phenoxy) is 1. The Bertz CT molecular complexity index is 531. The van der Waals surface area contributed by atoms with Gasteiger partial charge in [-0.25, -0.2) is 4.98 Å². The summed E-state index contributed by atoms with van der Waals surface area (Å²) in [5, 5.41) is 0. The Kier molecular flexibility index (Phi) is 1.62. The zero-order valence-corrected chi connectivity index (χ0v) is 7.88. The van der Waals surface area contributed by atoms with Crippen LogP contribution in [-0.2, 0) is 6.61 Å². The molecule has 15 heavy (non-hydrogen) atoms. The Labute approximate surface area is 86.1 Å². The van der Waals surface area contributed by atoms with Gasteiger partial charge in [-0.2, -0.15) is 0 Å². The number of nitrogens with zero attached hydrogens (tertiary/aromatic N) is 2. The maximum absolute atomic E-state index is 10.6. The molecule has 0 bridgehead atoms. The van der Waals surface area contributed by atoms with Gasteiger partial charge in [0.05, 0.1) is 5.69 Å². The molecular formula is C11H8N2O2. The molecule has 2 heterocycles. The van der Waals surface area contributed by atoms with E-state index < -0.39 is 0 Å². The van der Waals surface area contributed by atoms with Gasteiger partial charge in [-0.1, -0.05) is 12.1 Å². The lowest BCUT2D eigenvalue weighted by atomic mass is 10.2. The molecule has 1 aromatic carbocycles. The first kappa shape index (κ1) is 8.23. The van der Waals surface area contributed by atoms with E-state index in [4.69, 9.17) is 4.74 Å². The van der Waals surface area contributed by atoms with E-state index in [1.807, 2.05) is 28.8 Å². The van der Waals surface area contributed by atoms with Crippen molar-refractivity contribution in [2.45, 2.75) is 6.61 Å². The number of fused-ring (bicyclic) bond motifs is 3. The summed E-state index contributed by atoms with van der Waals surface area (Å²) in [6.07, 6.45) is 2.47. The summed E-state index contributed by atoms with van der Waals surface area (Å²) in [5.74, 6) is 1.58. The van der Waals surface area contributed by atoms with Crippen molar-refractivity contribution in [2.24, 2.45) is 0 Å². The third-order valence-corrected chi connectivity index (χ3v) is 2.40. The molecule has 0 aliphatic carbocycles. The van der Waals surface area contributed by atoms with Crippen molar-refractivity contribution in [2.75, 3.05) is 0 Å². The van der Waals surface area contributed by atoms with E-state index >= 15 is 0 Å². The number of hydrogen-bond acceptors (Lipinski definition) is 3.